The van der Waals surface area contributed by atoms with Crippen LogP contribution in [0.25, 0.3) is 0 Å². The number of anilines is 1. The molecular formula is C20H30N2O3. The summed E-state index contributed by atoms with van der Waals surface area (Å²) in [4.78, 5) is 26.6. The summed E-state index contributed by atoms with van der Waals surface area (Å²) in [5.41, 5.74) is 2.30. The third-order valence-electron chi connectivity index (χ3n) is 4.84. The van der Waals surface area contributed by atoms with Crippen molar-refractivity contribution in [1.82, 2.24) is 4.90 Å². The third kappa shape index (κ3) is 5.05. The average Bonchev–Trinajstić information content (AvgIpc) is 2.55. The van der Waals surface area contributed by atoms with E-state index in [0.29, 0.717) is 30.4 Å². The van der Waals surface area contributed by atoms with Gasteiger partial charge in [-0.1, -0.05) is 13.8 Å². The molecule has 1 aliphatic heterocycles. The molecule has 138 valence electrons. The minimum absolute atomic E-state index is 0.00289. The Morgan fingerprint density at radius 3 is 2.64 bits per heavy atom. The van der Waals surface area contributed by atoms with Crippen LogP contribution in [0.4, 0.5) is 5.69 Å². The number of aliphatic hydroxyl groups is 1. The maximum atomic E-state index is 12.8. The zero-order chi connectivity index (χ0) is 18.6. The number of nitrogens with zero attached hydrogens (tertiary/aromatic N) is 1. The Kier molecular flexibility index (Phi) is 6.59. The number of benzene rings is 1. The number of aliphatic hydroxyl groups excluding tert-OH is 1. The summed E-state index contributed by atoms with van der Waals surface area (Å²) in [6.45, 7) is 8.83. The molecule has 0 radical (unpaired) electrons. The van der Waals surface area contributed by atoms with Gasteiger partial charge in [0.05, 0.1) is 0 Å². The molecular weight excluding hydrogens is 316 g/mol. The fourth-order valence-corrected chi connectivity index (χ4v) is 3.41. The second kappa shape index (κ2) is 8.48. The number of aryl methyl sites for hydroxylation is 1. The monoisotopic (exact) mass is 346 g/mol. The first-order valence-corrected chi connectivity index (χ1v) is 9.14. The van der Waals surface area contributed by atoms with Crippen LogP contribution in [0.15, 0.2) is 18.2 Å². The molecule has 2 amide bonds. The van der Waals surface area contributed by atoms with E-state index in [1.54, 1.807) is 6.07 Å². The molecule has 0 spiro atoms. The van der Waals surface area contributed by atoms with Gasteiger partial charge >= 0.3 is 0 Å². The smallest absolute Gasteiger partial charge is 0.254 e. The minimum atomic E-state index is -0.00289. The van der Waals surface area contributed by atoms with E-state index >= 15 is 0 Å². The molecule has 0 aliphatic carbocycles. The Balaban J connectivity index is 2.06. The van der Waals surface area contributed by atoms with Crippen LogP contribution >= 0.6 is 0 Å². The molecule has 1 heterocycles. The number of likely N-dealkylation sites (tertiary alicyclic amines) is 1. The molecule has 5 nitrogen and oxygen atoms in total. The van der Waals surface area contributed by atoms with Gasteiger partial charge in [0, 0.05) is 36.9 Å². The summed E-state index contributed by atoms with van der Waals surface area (Å²) in [7, 11) is 0. The van der Waals surface area contributed by atoms with Crippen molar-refractivity contribution >= 4 is 17.5 Å². The van der Waals surface area contributed by atoms with Gasteiger partial charge in [-0.15, -0.1) is 0 Å². The van der Waals surface area contributed by atoms with E-state index in [2.05, 4.69) is 5.32 Å². The first-order valence-electron chi connectivity index (χ1n) is 9.14. The predicted octanol–water partition coefficient (Wildman–Crippen LogP) is 3.21. The maximum absolute atomic E-state index is 12.8. The highest BCUT2D eigenvalue weighted by Crippen LogP contribution is 2.25. The number of carbonyl (C=O) groups is 2. The quantitative estimate of drug-likeness (QED) is 0.860. The summed E-state index contributed by atoms with van der Waals surface area (Å²) in [5, 5.41) is 12.2. The molecule has 2 N–H and O–H groups in total. The number of amides is 2. The van der Waals surface area contributed by atoms with Gasteiger partial charge in [0.1, 0.15) is 0 Å². The van der Waals surface area contributed by atoms with E-state index < -0.39 is 0 Å². The topological polar surface area (TPSA) is 69.6 Å². The minimum Gasteiger partial charge on any atom is -0.396 e. The SMILES string of the molecule is Cc1cc(C(=O)N2CC[C@H](CO)C[C@@H]2C)ccc1NC(=O)CC(C)C. The van der Waals surface area contributed by atoms with Crippen molar-refractivity contribution in [3.05, 3.63) is 29.3 Å². The zero-order valence-corrected chi connectivity index (χ0v) is 15.7. The lowest BCUT2D eigenvalue weighted by molar-refractivity contribution is -0.116. The molecule has 1 aromatic rings. The van der Waals surface area contributed by atoms with Crippen LogP contribution in [0.2, 0.25) is 0 Å². The van der Waals surface area contributed by atoms with Gasteiger partial charge in [-0.2, -0.15) is 0 Å². The highest BCUT2D eigenvalue weighted by molar-refractivity contribution is 5.96. The molecule has 0 bridgehead atoms. The average molecular weight is 346 g/mol. The van der Waals surface area contributed by atoms with Crippen LogP contribution in [0.1, 0.15) is 56.0 Å². The Morgan fingerprint density at radius 2 is 2.08 bits per heavy atom. The molecule has 1 aromatic carbocycles. The molecule has 25 heavy (non-hydrogen) atoms. The first kappa shape index (κ1) is 19.4. The number of piperidine rings is 1. The molecule has 1 saturated heterocycles. The lowest BCUT2D eigenvalue weighted by Crippen LogP contribution is -2.45. The van der Waals surface area contributed by atoms with Crippen molar-refractivity contribution in [2.75, 3.05) is 18.5 Å². The lowest BCUT2D eigenvalue weighted by Gasteiger charge is -2.37. The second-order valence-electron chi connectivity index (χ2n) is 7.60. The van der Waals surface area contributed by atoms with E-state index in [1.807, 2.05) is 44.7 Å². The molecule has 2 atom stereocenters. The number of carbonyl (C=O) groups excluding carboxylic acids is 2. The third-order valence-corrected chi connectivity index (χ3v) is 4.84. The summed E-state index contributed by atoms with van der Waals surface area (Å²) in [6.07, 6.45) is 2.16. The van der Waals surface area contributed by atoms with Crippen LogP contribution in [-0.2, 0) is 4.79 Å². The Labute approximate surface area is 150 Å². The van der Waals surface area contributed by atoms with E-state index in [-0.39, 0.29) is 24.5 Å². The number of nitrogens with one attached hydrogen (secondary N) is 1. The molecule has 5 heteroatoms. The van der Waals surface area contributed by atoms with Crippen molar-refractivity contribution in [3.63, 3.8) is 0 Å². The van der Waals surface area contributed by atoms with E-state index in [9.17, 15) is 14.7 Å². The van der Waals surface area contributed by atoms with E-state index in [0.717, 1.165) is 24.1 Å². The fraction of sp³-hybridized carbons (Fsp3) is 0.600. The van der Waals surface area contributed by atoms with Crippen LogP contribution < -0.4 is 5.32 Å². The maximum Gasteiger partial charge on any atom is 0.254 e. The number of hydrogen-bond donors (Lipinski definition) is 2. The van der Waals surface area contributed by atoms with Gasteiger partial charge in [0.2, 0.25) is 5.91 Å². The van der Waals surface area contributed by atoms with Gasteiger partial charge in [0.15, 0.2) is 0 Å². The van der Waals surface area contributed by atoms with Crippen molar-refractivity contribution < 1.29 is 14.7 Å². The highest BCUT2D eigenvalue weighted by Gasteiger charge is 2.29. The Morgan fingerprint density at radius 1 is 1.36 bits per heavy atom. The summed E-state index contributed by atoms with van der Waals surface area (Å²) in [5.74, 6) is 0.618. The van der Waals surface area contributed by atoms with Gasteiger partial charge in [0.25, 0.3) is 5.91 Å². The number of hydrogen-bond acceptors (Lipinski definition) is 3. The van der Waals surface area contributed by atoms with Gasteiger partial charge in [-0.05, 0) is 62.3 Å². The van der Waals surface area contributed by atoms with Crippen LogP contribution in [0.5, 0.6) is 0 Å². The van der Waals surface area contributed by atoms with Gasteiger partial charge < -0.3 is 15.3 Å². The second-order valence-corrected chi connectivity index (χ2v) is 7.60. The van der Waals surface area contributed by atoms with E-state index in [1.165, 1.54) is 0 Å². The standard InChI is InChI=1S/C20H30N2O3/c1-13(2)9-19(24)21-18-6-5-17(10-14(18)3)20(25)22-8-7-16(12-23)11-15(22)4/h5-6,10,13,15-16,23H,7-9,11-12H2,1-4H3,(H,21,24)/t15-,16-/m0/s1. The van der Waals surface area contributed by atoms with Gasteiger partial charge in [-0.25, -0.2) is 0 Å². The highest BCUT2D eigenvalue weighted by atomic mass is 16.3. The summed E-state index contributed by atoms with van der Waals surface area (Å²) in [6, 6.07) is 5.57. The Bertz CT molecular complexity index is 627. The fourth-order valence-electron chi connectivity index (χ4n) is 3.41. The van der Waals surface area contributed by atoms with Crippen molar-refractivity contribution in [1.29, 1.82) is 0 Å². The summed E-state index contributed by atoms with van der Waals surface area (Å²) >= 11 is 0. The van der Waals surface area contributed by atoms with Crippen molar-refractivity contribution in [2.45, 2.75) is 53.0 Å². The normalized spacial score (nSPS) is 20.6. The van der Waals surface area contributed by atoms with E-state index in [4.69, 9.17) is 0 Å². The molecule has 1 fully saturated rings. The largest absolute Gasteiger partial charge is 0.396 e. The predicted molar refractivity (Wildman–Crippen MR) is 99.6 cm³/mol. The lowest BCUT2D eigenvalue weighted by atomic mass is 9.91. The van der Waals surface area contributed by atoms with Crippen molar-refractivity contribution in [3.8, 4) is 0 Å². The van der Waals surface area contributed by atoms with Crippen molar-refractivity contribution in [2.24, 2.45) is 11.8 Å². The summed E-state index contributed by atoms with van der Waals surface area (Å²) < 4.78 is 0. The Hall–Kier alpha value is -1.88. The zero-order valence-electron chi connectivity index (χ0n) is 15.7. The van der Waals surface area contributed by atoms with Crippen LogP contribution in [0.3, 0.4) is 0 Å². The molecule has 0 aromatic heterocycles. The van der Waals surface area contributed by atoms with Gasteiger partial charge in [-0.3, -0.25) is 9.59 Å². The number of rotatable bonds is 5. The molecule has 1 aliphatic rings. The molecule has 0 saturated carbocycles. The van der Waals surface area contributed by atoms with Crippen LogP contribution in [-0.4, -0.2) is 41.0 Å². The molecule has 2 rings (SSSR count). The van der Waals surface area contributed by atoms with Crippen LogP contribution in [0, 0.1) is 18.8 Å². The first-order chi connectivity index (χ1) is 11.8. The molecule has 0 unspecified atom stereocenters.